The molecule has 0 spiro atoms. The van der Waals surface area contributed by atoms with Crippen molar-refractivity contribution < 1.29 is 18.5 Å². The summed E-state index contributed by atoms with van der Waals surface area (Å²) in [5, 5.41) is 17.1. The van der Waals surface area contributed by atoms with E-state index in [4.69, 9.17) is 4.52 Å². The molecule has 32 heavy (non-hydrogen) atoms. The first-order chi connectivity index (χ1) is 15.6. The third kappa shape index (κ3) is 5.14. The maximum Gasteiger partial charge on any atom is 0.295 e. The van der Waals surface area contributed by atoms with E-state index >= 15 is 0 Å². The molecule has 0 fully saturated rings. The number of carbonyl (C=O) groups is 2. The van der Waals surface area contributed by atoms with Crippen molar-refractivity contribution in [1.82, 2.24) is 20.8 Å². The van der Waals surface area contributed by atoms with Gasteiger partial charge in [-0.15, -0.1) is 10.2 Å². The summed E-state index contributed by atoms with van der Waals surface area (Å²) in [4.78, 5) is 36.2. The fourth-order valence-corrected chi connectivity index (χ4v) is 2.99. The van der Waals surface area contributed by atoms with Crippen molar-refractivity contribution in [2.75, 3.05) is 13.1 Å². The van der Waals surface area contributed by atoms with Gasteiger partial charge in [-0.1, -0.05) is 5.16 Å². The molecule has 0 saturated heterocycles. The summed E-state index contributed by atoms with van der Waals surface area (Å²) in [7, 11) is 0. The van der Waals surface area contributed by atoms with E-state index in [1.165, 1.54) is 24.6 Å². The van der Waals surface area contributed by atoms with E-state index in [0.29, 0.717) is 54.7 Å². The Labute approximate surface area is 181 Å². The summed E-state index contributed by atoms with van der Waals surface area (Å²) in [5.41, 5.74) is 1.07. The highest BCUT2D eigenvalue weighted by molar-refractivity contribution is 6.18. The summed E-state index contributed by atoms with van der Waals surface area (Å²) in [5.74, 6) is 0.138. The summed E-state index contributed by atoms with van der Waals surface area (Å²) >= 11 is 0. The van der Waals surface area contributed by atoms with Gasteiger partial charge >= 0.3 is 0 Å². The molecule has 2 aliphatic heterocycles. The number of aromatic nitrogens is 2. The van der Waals surface area contributed by atoms with Gasteiger partial charge in [-0.05, 0) is 30.7 Å². The third-order valence-corrected chi connectivity index (χ3v) is 4.60. The Kier molecular flexibility index (Phi) is 6.49. The van der Waals surface area contributed by atoms with E-state index in [1.807, 2.05) is 0 Å². The van der Waals surface area contributed by atoms with Crippen LogP contribution < -0.4 is 10.6 Å². The van der Waals surface area contributed by atoms with Crippen LogP contribution in [0.4, 0.5) is 4.39 Å². The standard InChI is InChI=1S/C20H19FN8O3/c21-13-4-2-12(3-5-13)18-26-15(32-29-18)7-6-14(30)22-8-1-9-25-19-16-17(20(31)28-27-19)24-11-10-23-16/h2-5,10-11,17,25H,1,6-9H2,(H,22,30). The number of fused-ring (bicyclic) bond motifs is 1. The van der Waals surface area contributed by atoms with E-state index in [0.717, 1.165) is 0 Å². The minimum absolute atomic E-state index is 0.150. The highest BCUT2D eigenvalue weighted by Gasteiger charge is 2.29. The monoisotopic (exact) mass is 438 g/mol. The van der Waals surface area contributed by atoms with E-state index in [-0.39, 0.29) is 18.1 Å². The molecule has 1 unspecified atom stereocenters. The number of amides is 2. The molecular formula is C20H19FN8O3. The summed E-state index contributed by atoms with van der Waals surface area (Å²) in [6.45, 7) is 0.947. The Bertz CT molecular complexity index is 1120. The Balaban J connectivity index is 1.16. The molecule has 1 aromatic carbocycles. The van der Waals surface area contributed by atoms with Crippen LogP contribution in [0.3, 0.4) is 0 Å². The summed E-state index contributed by atoms with van der Waals surface area (Å²) < 4.78 is 18.1. The summed E-state index contributed by atoms with van der Waals surface area (Å²) in [6, 6.07) is 5.00. The smallest absolute Gasteiger partial charge is 0.295 e. The first-order valence-electron chi connectivity index (χ1n) is 9.95. The SMILES string of the molecule is O=C(CCc1nc(-c2ccc(F)cc2)no1)NCCCNC1=C2N=CC=NC2C(=O)N=N1. The Morgan fingerprint density at radius 1 is 1.12 bits per heavy atom. The van der Waals surface area contributed by atoms with Crippen LogP contribution in [0.25, 0.3) is 11.4 Å². The van der Waals surface area contributed by atoms with Gasteiger partial charge in [0.2, 0.25) is 17.6 Å². The van der Waals surface area contributed by atoms with Crippen LogP contribution in [-0.2, 0) is 16.0 Å². The highest BCUT2D eigenvalue weighted by Crippen LogP contribution is 2.21. The zero-order valence-electron chi connectivity index (χ0n) is 16.9. The number of nitrogens with zero attached hydrogens (tertiary/aromatic N) is 6. The minimum atomic E-state index is -0.743. The fraction of sp³-hybridized carbons (Fsp3) is 0.300. The molecule has 0 bridgehead atoms. The molecule has 0 aliphatic carbocycles. The van der Waals surface area contributed by atoms with Gasteiger partial charge < -0.3 is 15.2 Å². The third-order valence-electron chi connectivity index (χ3n) is 4.60. The number of nitrogens with one attached hydrogen (secondary N) is 2. The normalized spacial score (nSPS) is 16.9. The second-order valence-corrected chi connectivity index (χ2v) is 6.90. The molecule has 3 heterocycles. The van der Waals surface area contributed by atoms with Crippen molar-refractivity contribution in [2.24, 2.45) is 20.2 Å². The quantitative estimate of drug-likeness (QED) is 0.569. The van der Waals surface area contributed by atoms with Gasteiger partial charge in [0.1, 0.15) is 11.5 Å². The first kappa shape index (κ1) is 21.2. The summed E-state index contributed by atoms with van der Waals surface area (Å²) in [6.07, 6.45) is 4.06. The van der Waals surface area contributed by atoms with Gasteiger partial charge in [0.15, 0.2) is 11.9 Å². The first-order valence-corrected chi connectivity index (χ1v) is 9.95. The molecule has 4 rings (SSSR count). The van der Waals surface area contributed by atoms with Crippen molar-refractivity contribution in [3.63, 3.8) is 0 Å². The molecule has 0 saturated carbocycles. The molecular weight excluding hydrogens is 419 g/mol. The van der Waals surface area contributed by atoms with Crippen LogP contribution in [0.5, 0.6) is 0 Å². The number of halogens is 1. The lowest BCUT2D eigenvalue weighted by Crippen LogP contribution is -2.31. The van der Waals surface area contributed by atoms with Crippen LogP contribution in [0.2, 0.25) is 0 Å². The van der Waals surface area contributed by atoms with Gasteiger partial charge in [-0.25, -0.2) is 4.39 Å². The van der Waals surface area contributed by atoms with Crippen molar-refractivity contribution in [2.45, 2.75) is 25.3 Å². The maximum absolute atomic E-state index is 13.0. The largest absolute Gasteiger partial charge is 0.367 e. The number of benzene rings is 1. The number of azo groups is 1. The topological polar surface area (TPSA) is 147 Å². The lowest BCUT2D eigenvalue weighted by Gasteiger charge is -2.18. The molecule has 11 nitrogen and oxygen atoms in total. The average Bonchev–Trinajstić information content (AvgIpc) is 3.28. The number of hydrogen-bond donors (Lipinski definition) is 2. The maximum atomic E-state index is 13.0. The molecule has 2 aromatic rings. The van der Waals surface area contributed by atoms with E-state index in [1.54, 1.807) is 12.1 Å². The van der Waals surface area contributed by atoms with Gasteiger partial charge in [0, 0.05) is 43.9 Å². The second kappa shape index (κ2) is 9.81. The van der Waals surface area contributed by atoms with Crippen LogP contribution in [0.1, 0.15) is 18.7 Å². The molecule has 1 aromatic heterocycles. The molecule has 0 radical (unpaired) electrons. The Hall–Kier alpha value is -4.09. The van der Waals surface area contributed by atoms with Gasteiger partial charge in [0.25, 0.3) is 5.91 Å². The Morgan fingerprint density at radius 3 is 2.81 bits per heavy atom. The molecule has 1 atom stereocenters. The van der Waals surface area contributed by atoms with Gasteiger partial charge in [-0.3, -0.25) is 19.6 Å². The predicted molar refractivity (Wildman–Crippen MR) is 111 cm³/mol. The zero-order chi connectivity index (χ0) is 22.3. The van der Waals surface area contributed by atoms with E-state index in [2.05, 4.69) is 41.0 Å². The number of hydrogen-bond acceptors (Lipinski definition) is 9. The number of carbonyl (C=O) groups excluding carboxylic acids is 2. The fourth-order valence-electron chi connectivity index (χ4n) is 2.99. The Morgan fingerprint density at radius 2 is 1.97 bits per heavy atom. The average molecular weight is 438 g/mol. The molecule has 2 amide bonds. The van der Waals surface area contributed by atoms with E-state index in [9.17, 15) is 14.0 Å². The molecule has 164 valence electrons. The second-order valence-electron chi connectivity index (χ2n) is 6.90. The highest BCUT2D eigenvalue weighted by atomic mass is 19.1. The van der Waals surface area contributed by atoms with Crippen LogP contribution >= 0.6 is 0 Å². The van der Waals surface area contributed by atoms with Crippen molar-refractivity contribution in [1.29, 1.82) is 0 Å². The number of aryl methyl sites for hydroxylation is 1. The van der Waals surface area contributed by atoms with Crippen LogP contribution in [0, 0.1) is 5.82 Å². The number of rotatable bonds is 9. The van der Waals surface area contributed by atoms with Crippen molar-refractivity contribution in [3.05, 3.63) is 47.5 Å². The van der Waals surface area contributed by atoms with Crippen LogP contribution in [-0.4, -0.2) is 53.5 Å². The van der Waals surface area contributed by atoms with Gasteiger partial charge in [0.05, 0.1) is 0 Å². The van der Waals surface area contributed by atoms with E-state index < -0.39 is 11.9 Å². The lowest BCUT2D eigenvalue weighted by atomic mass is 10.1. The molecule has 12 heteroatoms. The van der Waals surface area contributed by atoms with Crippen molar-refractivity contribution >= 4 is 24.2 Å². The van der Waals surface area contributed by atoms with Crippen molar-refractivity contribution in [3.8, 4) is 11.4 Å². The zero-order valence-corrected chi connectivity index (χ0v) is 16.9. The minimum Gasteiger partial charge on any atom is -0.367 e. The number of aliphatic imine (C=N–C) groups is 2. The predicted octanol–water partition coefficient (Wildman–Crippen LogP) is 1.59. The molecule has 2 N–H and O–H groups in total. The van der Waals surface area contributed by atoms with Crippen LogP contribution in [0.15, 0.2) is 60.5 Å². The molecule has 2 aliphatic rings. The lowest BCUT2D eigenvalue weighted by molar-refractivity contribution is -0.121. The van der Waals surface area contributed by atoms with Gasteiger partial charge in [-0.2, -0.15) is 4.98 Å².